The number of rotatable bonds is 4. The van der Waals surface area contributed by atoms with Crippen molar-refractivity contribution in [3.63, 3.8) is 0 Å². The van der Waals surface area contributed by atoms with Crippen molar-refractivity contribution in [1.82, 2.24) is 9.97 Å². The van der Waals surface area contributed by atoms with Crippen molar-refractivity contribution >= 4 is 17.3 Å². The molecule has 0 atom stereocenters. The molecule has 0 unspecified atom stereocenters. The summed E-state index contributed by atoms with van der Waals surface area (Å²) in [5, 5.41) is 9.51. The molecule has 0 fully saturated rings. The first-order valence-electron chi connectivity index (χ1n) is 6.95. The first-order chi connectivity index (χ1) is 10.7. The second kappa shape index (κ2) is 6.22. The van der Waals surface area contributed by atoms with E-state index in [-0.39, 0.29) is 6.61 Å². The summed E-state index contributed by atoms with van der Waals surface area (Å²) in [6.07, 6.45) is 0.611. The molecule has 0 radical (unpaired) electrons. The van der Waals surface area contributed by atoms with E-state index >= 15 is 0 Å². The quantitative estimate of drug-likeness (QED) is 0.646. The maximum absolute atomic E-state index is 9.19. The second-order valence-corrected chi connectivity index (χ2v) is 5.42. The number of aromatic amines is 1. The van der Waals surface area contributed by atoms with Crippen LogP contribution in [0.5, 0.6) is 0 Å². The molecule has 0 aliphatic heterocycles. The highest BCUT2D eigenvalue weighted by Gasteiger charge is 2.10. The molecule has 0 amide bonds. The summed E-state index contributed by atoms with van der Waals surface area (Å²) in [6, 6.07) is 15.9. The number of anilines is 1. The zero-order chi connectivity index (χ0) is 15.5. The van der Waals surface area contributed by atoms with Crippen molar-refractivity contribution in [1.29, 1.82) is 0 Å². The lowest BCUT2D eigenvalue weighted by molar-refractivity contribution is 0.277. The minimum Gasteiger partial charge on any atom is -0.399 e. The van der Waals surface area contributed by atoms with Gasteiger partial charge in [-0.15, -0.1) is 0 Å². The highest BCUT2D eigenvalue weighted by atomic mass is 35.5. The van der Waals surface area contributed by atoms with Crippen molar-refractivity contribution in [2.24, 2.45) is 0 Å². The third kappa shape index (κ3) is 2.98. The van der Waals surface area contributed by atoms with Crippen LogP contribution in [-0.4, -0.2) is 15.1 Å². The fraction of sp³-hybridized carbons (Fsp3) is 0.118. The predicted octanol–water partition coefficient (Wildman–Crippen LogP) is 3.40. The van der Waals surface area contributed by atoms with Crippen LogP contribution < -0.4 is 5.73 Å². The molecule has 0 aliphatic carbocycles. The SMILES string of the molecule is Nc1ccc(-c2ccccc2Cc2nc(Cl)c(CO)[nH]2)cc1. The van der Waals surface area contributed by atoms with Crippen LogP contribution in [0.2, 0.25) is 5.15 Å². The van der Waals surface area contributed by atoms with Crippen LogP contribution in [0.1, 0.15) is 17.1 Å². The van der Waals surface area contributed by atoms with E-state index in [1.807, 2.05) is 36.4 Å². The largest absolute Gasteiger partial charge is 0.399 e. The first-order valence-corrected chi connectivity index (χ1v) is 7.33. The Labute approximate surface area is 133 Å². The number of nitrogens with two attached hydrogens (primary N) is 1. The number of nitrogen functional groups attached to an aromatic ring is 1. The molecule has 112 valence electrons. The van der Waals surface area contributed by atoms with Gasteiger partial charge in [-0.3, -0.25) is 0 Å². The summed E-state index contributed by atoms with van der Waals surface area (Å²) >= 11 is 5.97. The Bertz CT molecular complexity index is 781. The number of halogens is 1. The summed E-state index contributed by atoms with van der Waals surface area (Å²) < 4.78 is 0. The van der Waals surface area contributed by atoms with E-state index in [1.165, 1.54) is 0 Å². The molecule has 4 nitrogen and oxygen atoms in total. The summed E-state index contributed by atoms with van der Waals surface area (Å²) in [4.78, 5) is 7.31. The van der Waals surface area contributed by atoms with Crippen molar-refractivity contribution in [3.05, 3.63) is 70.8 Å². The van der Waals surface area contributed by atoms with Crippen LogP contribution in [0.25, 0.3) is 11.1 Å². The number of hydrogen-bond acceptors (Lipinski definition) is 3. The molecular formula is C17H16ClN3O. The molecular weight excluding hydrogens is 298 g/mol. The normalized spacial score (nSPS) is 10.8. The van der Waals surface area contributed by atoms with Crippen molar-refractivity contribution < 1.29 is 5.11 Å². The fourth-order valence-corrected chi connectivity index (χ4v) is 2.64. The second-order valence-electron chi connectivity index (χ2n) is 5.07. The third-order valence-corrected chi connectivity index (χ3v) is 3.85. The Morgan fingerprint density at radius 1 is 1.09 bits per heavy atom. The van der Waals surface area contributed by atoms with E-state index in [1.54, 1.807) is 0 Å². The predicted molar refractivity (Wildman–Crippen MR) is 88.6 cm³/mol. The van der Waals surface area contributed by atoms with Gasteiger partial charge in [0.1, 0.15) is 5.82 Å². The Balaban J connectivity index is 1.95. The lowest BCUT2D eigenvalue weighted by Crippen LogP contribution is -1.95. The maximum atomic E-state index is 9.19. The summed E-state index contributed by atoms with van der Waals surface area (Å²) in [7, 11) is 0. The maximum Gasteiger partial charge on any atom is 0.152 e. The fourth-order valence-electron chi connectivity index (χ4n) is 2.43. The van der Waals surface area contributed by atoms with E-state index in [0.29, 0.717) is 17.3 Å². The summed E-state index contributed by atoms with van der Waals surface area (Å²) in [5.74, 6) is 0.733. The molecule has 2 aromatic carbocycles. The number of imidazole rings is 1. The smallest absolute Gasteiger partial charge is 0.152 e. The van der Waals surface area contributed by atoms with E-state index in [4.69, 9.17) is 17.3 Å². The highest BCUT2D eigenvalue weighted by molar-refractivity contribution is 6.30. The molecule has 0 spiro atoms. The van der Waals surface area contributed by atoms with Gasteiger partial charge in [-0.25, -0.2) is 4.98 Å². The van der Waals surface area contributed by atoms with Gasteiger partial charge in [0.25, 0.3) is 0 Å². The molecule has 0 saturated carbocycles. The summed E-state index contributed by atoms with van der Waals surface area (Å²) in [6.45, 7) is -0.147. The Morgan fingerprint density at radius 2 is 1.82 bits per heavy atom. The zero-order valence-corrected chi connectivity index (χ0v) is 12.6. The van der Waals surface area contributed by atoms with Gasteiger partial charge >= 0.3 is 0 Å². The van der Waals surface area contributed by atoms with Gasteiger partial charge in [-0.05, 0) is 28.8 Å². The number of aromatic nitrogens is 2. The van der Waals surface area contributed by atoms with Gasteiger partial charge in [0.15, 0.2) is 5.15 Å². The molecule has 4 N–H and O–H groups in total. The van der Waals surface area contributed by atoms with Gasteiger partial charge in [0, 0.05) is 12.1 Å². The average Bonchev–Trinajstić information content (AvgIpc) is 2.88. The molecule has 22 heavy (non-hydrogen) atoms. The van der Waals surface area contributed by atoms with Gasteiger partial charge in [-0.2, -0.15) is 0 Å². The molecule has 1 aromatic heterocycles. The number of nitrogens with zero attached hydrogens (tertiary/aromatic N) is 1. The molecule has 5 heteroatoms. The van der Waals surface area contributed by atoms with Crippen LogP contribution in [0.3, 0.4) is 0 Å². The van der Waals surface area contributed by atoms with E-state index < -0.39 is 0 Å². The van der Waals surface area contributed by atoms with Gasteiger partial charge in [0.2, 0.25) is 0 Å². The van der Waals surface area contributed by atoms with Crippen LogP contribution in [0.4, 0.5) is 5.69 Å². The zero-order valence-electron chi connectivity index (χ0n) is 11.9. The molecule has 0 bridgehead atoms. The average molecular weight is 314 g/mol. The van der Waals surface area contributed by atoms with Gasteiger partial charge in [0.05, 0.1) is 12.3 Å². The Kier molecular flexibility index (Phi) is 4.13. The number of benzene rings is 2. The van der Waals surface area contributed by atoms with Crippen LogP contribution >= 0.6 is 11.6 Å². The Hall–Kier alpha value is -2.30. The minimum absolute atomic E-state index is 0.147. The highest BCUT2D eigenvalue weighted by Crippen LogP contribution is 2.26. The van der Waals surface area contributed by atoms with E-state index in [9.17, 15) is 5.11 Å². The van der Waals surface area contributed by atoms with Gasteiger partial charge < -0.3 is 15.8 Å². The first kappa shape index (κ1) is 14.6. The third-order valence-electron chi connectivity index (χ3n) is 3.53. The lowest BCUT2D eigenvalue weighted by atomic mass is 9.97. The van der Waals surface area contributed by atoms with Crippen molar-refractivity contribution in [2.45, 2.75) is 13.0 Å². The number of aliphatic hydroxyl groups is 1. The standard InChI is InChI=1S/C17H16ClN3O/c18-17-15(10-22)20-16(21-17)9-12-3-1-2-4-14(12)11-5-7-13(19)8-6-11/h1-8,22H,9-10,19H2,(H,20,21). The molecule has 0 aliphatic rings. The van der Waals surface area contributed by atoms with E-state index in [2.05, 4.69) is 22.1 Å². The summed E-state index contributed by atoms with van der Waals surface area (Å²) in [5.41, 5.74) is 10.4. The number of hydrogen-bond donors (Lipinski definition) is 3. The van der Waals surface area contributed by atoms with E-state index in [0.717, 1.165) is 28.2 Å². The van der Waals surface area contributed by atoms with Crippen molar-refractivity contribution in [2.75, 3.05) is 5.73 Å². The monoisotopic (exact) mass is 313 g/mol. The molecule has 3 aromatic rings. The topological polar surface area (TPSA) is 74.9 Å². The van der Waals surface area contributed by atoms with Crippen molar-refractivity contribution in [3.8, 4) is 11.1 Å². The number of H-pyrrole nitrogens is 1. The molecule has 0 saturated heterocycles. The number of aliphatic hydroxyl groups excluding tert-OH is 1. The molecule has 1 heterocycles. The van der Waals surface area contributed by atoms with Crippen LogP contribution in [0.15, 0.2) is 48.5 Å². The van der Waals surface area contributed by atoms with Crippen LogP contribution in [0, 0.1) is 0 Å². The van der Waals surface area contributed by atoms with Gasteiger partial charge in [-0.1, -0.05) is 48.0 Å². The lowest BCUT2D eigenvalue weighted by Gasteiger charge is -2.09. The molecule has 3 rings (SSSR count). The Morgan fingerprint density at radius 3 is 2.50 bits per heavy atom. The minimum atomic E-state index is -0.147. The number of nitrogens with one attached hydrogen (secondary N) is 1. The van der Waals surface area contributed by atoms with Crippen LogP contribution in [-0.2, 0) is 13.0 Å².